The Morgan fingerprint density at radius 2 is 1.72 bits per heavy atom. The maximum atomic E-state index is 13.0. The Morgan fingerprint density at radius 3 is 2.28 bits per heavy atom. The lowest BCUT2D eigenvalue weighted by atomic mass is 9.85. The number of carbonyl (C=O) groups is 3. The fourth-order valence-corrected chi connectivity index (χ4v) is 3.55. The van der Waals surface area contributed by atoms with Crippen molar-refractivity contribution in [3.05, 3.63) is 88.0 Å². The molecule has 0 radical (unpaired) electrons. The standard InChI is InChI=1S/C24H24N2O6/c1-24(2,3)32-23(29)25-20(13-14-22(25)28)19(15-21(27)17-7-5-4-6-8-17)16-9-11-18(12-10-16)26(30)31/h4-14,19-20H,15H2,1-3H3/t19-,20+/m0/s1. The average molecular weight is 436 g/mol. The van der Waals surface area contributed by atoms with Gasteiger partial charge in [0.25, 0.3) is 11.6 Å². The second-order valence-corrected chi connectivity index (χ2v) is 8.49. The lowest BCUT2D eigenvalue weighted by Gasteiger charge is -2.32. The summed E-state index contributed by atoms with van der Waals surface area (Å²) >= 11 is 0. The molecular formula is C24H24N2O6. The van der Waals surface area contributed by atoms with Crippen molar-refractivity contribution in [1.29, 1.82) is 0 Å². The summed E-state index contributed by atoms with van der Waals surface area (Å²) in [5.74, 6) is -1.33. The van der Waals surface area contributed by atoms with Crippen LogP contribution in [0.25, 0.3) is 0 Å². The van der Waals surface area contributed by atoms with Gasteiger partial charge in [0.1, 0.15) is 5.60 Å². The van der Waals surface area contributed by atoms with Crippen molar-refractivity contribution in [2.75, 3.05) is 0 Å². The zero-order valence-corrected chi connectivity index (χ0v) is 18.1. The van der Waals surface area contributed by atoms with Crippen LogP contribution in [0, 0.1) is 10.1 Å². The van der Waals surface area contributed by atoms with Gasteiger partial charge in [-0.2, -0.15) is 0 Å². The van der Waals surface area contributed by atoms with Crippen molar-refractivity contribution < 1.29 is 24.0 Å². The van der Waals surface area contributed by atoms with Gasteiger partial charge >= 0.3 is 6.09 Å². The number of rotatable bonds is 6. The molecule has 1 aliphatic rings. The molecule has 0 bridgehead atoms. The minimum absolute atomic E-state index is 0.0105. The molecule has 2 amide bonds. The SMILES string of the molecule is CC(C)(C)OC(=O)N1C(=O)C=C[C@@H]1[C@@H](CC(=O)c1ccccc1)c1ccc([N+](=O)[O-])cc1. The summed E-state index contributed by atoms with van der Waals surface area (Å²) in [6.45, 7) is 5.09. The van der Waals surface area contributed by atoms with Gasteiger partial charge in [0.2, 0.25) is 0 Å². The van der Waals surface area contributed by atoms with Crippen LogP contribution in [0.5, 0.6) is 0 Å². The van der Waals surface area contributed by atoms with Crippen molar-refractivity contribution in [1.82, 2.24) is 4.90 Å². The van der Waals surface area contributed by atoms with Gasteiger partial charge in [0, 0.05) is 36.1 Å². The van der Waals surface area contributed by atoms with Crippen molar-refractivity contribution in [2.24, 2.45) is 0 Å². The largest absolute Gasteiger partial charge is 0.443 e. The fourth-order valence-electron chi connectivity index (χ4n) is 3.55. The summed E-state index contributed by atoms with van der Waals surface area (Å²) in [5, 5.41) is 11.0. The number of amides is 2. The highest BCUT2D eigenvalue weighted by atomic mass is 16.6. The minimum Gasteiger partial charge on any atom is -0.443 e. The zero-order chi connectivity index (χ0) is 23.5. The van der Waals surface area contributed by atoms with Gasteiger partial charge in [-0.05, 0) is 26.3 Å². The van der Waals surface area contributed by atoms with Crippen LogP contribution in [-0.4, -0.2) is 39.2 Å². The molecule has 8 heteroatoms. The first-order valence-corrected chi connectivity index (χ1v) is 10.1. The molecule has 1 aliphatic heterocycles. The maximum Gasteiger partial charge on any atom is 0.417 e. The predicted octanol–water partition coefficient (Wildman–Crippen LogP) is 4.65. The molecule has 0 saturated heterocycles. The Hall–Kier alpha value is -3.81. The molecule has 32 heavy (non-hydrogen) atoms. The van der Waals surface area contributed by atoms with Gasteiger partial charge in [0.05, 0.1) is 11.0 Å². The highest BCUT2D eigenvalue weighted by molar-refractivity contribution is 6.02. The predicted molar refractivity (Wildman–Crippen MR) is 117 cm³/mol. The Bertz CT molecular complexity index is 1050. The monoisotopic (exact) mass is 436 g/mol. The second-order valence-electron chi connectivity index (χ2n) is 8.49. The fraction of sp³-hybridized carbons (Fsp3) is 0.292. The second kappa shape index (κ2) is 9.13. The third-order valence-electron chi connectivity index (χ3n) is 5.01. The number of nitrogens with zero attached hydrogens (tertiary/aromatic N) is 2. The Balaban J connectivity index is 1.97. The van der Waals surface area contributed by atoms with E-state index in [9.17, 15) is 24.5 Å². The quantitative estimate of drug-likeness (QED) is 0.370. The number of hydrogen-bond acceptors (Lipinski definition) is 6. The van der Waals surface area contributed by atoms with Crippen molar-refractivity contribution in [3.63, 3.8) is 0 Å². The third kappa shape index (κ3) is 5.26. The van der Waals surface area contributed by atoms with E-state index in [1.54, 1.807) is 69.3 Å². The molecule has 2 atom stereocenters. The van der Waals surface area contributed by atoms with E-state index < -0.39 is 34.5 Å². The number of nitro groups is 1. The van der Waals surface area contributed by atoms with E-state index in [0.29, 0.717) is 11.1 Å². The van der Waals surface area contributed by atoms with Gasteiger partial charge in [-0.3, -0.25) is 19.7 Å². The van der Waals surface area contributed by atoms with Crippen LogP contribution in [0.2, 0.25) is 0 Å². The molecule has 0 aliphatic carbocycles. The molecule has 166 valence electrons. The molecule has 2 aromatic rings. The molecule has 0 N–H and O–H groups in total. The topological polar surface area (TPSA) is 107 Å². The lowest BCUT2D eigenvalue weighted by molar-refractivity contribution is -0.384. The first kappa shape index (κ1) is 22.9. The zero-order valence-electron chi connectivity index (χ0n) is 18.1. The van der Waals surface area contributed by atoms with Crippen LogP contribution in [0.1, 0.15) is 49.0 Å². The molecule has 0 unspecified atom stereocenters. The number of non-ortho nitro benzene ring substituents is 1. The van der Waals surface area contributed by atoms with Crippen LogP contribution < -0.4 is 0 Å². The molecule has 0 fully saturated rings. The molecule has 0 aromatic heterocycles. The number of ketones is 1. The van der Waals surface area contributed by atoms with Crippen LogP contribution in [0.15, 0.2) is 66.7 Å². The van der Waals surface area contributed by atoms with Crippen LogP contribution >= 0.6 is 0 Å². The van der Waals surface area contributed by atoms with E-state index in [2.05, 4.69) is 0 Å². The van der Waals surface area contributed by atoms with E-state index in [0.717, 1.165) is 4.90 Å². The maximum absolute atomic E-state index is 13.0. The summed E-state index contributed by atoms with van der Waals surface area (Å²) in [6, 6.07) is 13.7. The van der Waals surface area contributed by atoms with Gasteiger partial charge in [-0.15, -0.1) is 0 Å². The highest BCUT2D eigenvalue weighted by Crippen LogP contribution is 2.34. The first-order chi connectivity index (χ1) is 15.1. The van der Waals surface area contributed by atoms with E-state index in [1.807, 2.05) is 0 Å². The number of hydrogen-bond donors (Lipinski definition) is 0. The van der Waals surface area contributed by atoms with Crippen LogP contribution in [-0.2, 0) is 9.53 Å². The summed E-state index contributed by atoms with van der Waals surface area (Å²) in [5.41, 5.74) is 0.186. The van der Waals surface area contributed by atoms with E-state index in [1.165, 1.54) is 18.2 Å². The van der Waals surface area contributed by atoms with Crippen molar-refractivity contribution in [2.45, 2.75) is 44.8 Å². The van der Waals surface area contributed by atoms with Crippen molar-refractivity contribution in [3.8, 4) is 0 Å². The Kier molecular flexibility index (Phi) is 6.53. The third-order valence-corrected chi connectivity index (χ3v) is 5.01. The first-order valence-electron chi connectivity index (χ1n) is 10.1. The van der Waals surface area contributed by atoms with Crippen LogP contribution in [0.3, 0.4) is 0 Å². The summed E-state index contributed by atoms with van der Waals surface area (Å²) in [4.78, 5) is 49.8. The number of carbonyl (C=O) groups excluding carboxylic acids is 3. The van der Waals surface area contributed by atoms with Gasteiger partial charge < -0.3 is 4.74 Å². The number of Topliss-reactive ketones (excluding diaryl/α,β-unsaturated/α-hetero) is 1. The van der Waals surface area contributed by atoms with E-state index >= 15 is 0 Å². The summed E-state index contributed by atoms with van der Waals surface area (Å²) < 4.78 is 5.40. The lowest BCUT2D eigenvalue weighted by Crippen LogP contribution is -2.45. The van der Waals surface area contributed by atoms with Crippen molar-refractivity contribution >= 4 is 23.5 Å². The number of nitro benzene ring substituents is 1. The smallest absolute Gasteiger partial charge is 0.417 e. The number of imide groups is 1. The summed E-state index contributed by atoms with van der Waals surface area (Å²) in [7, 11) is 0. The molecule has 0 spiro atoms. The normalized spacial score (nSPS) is 16.7. The van der Waals surface area contributed by atoms with Crippen LogP contribution in [0.4, 0.5) is 10.5 Å². The Labute approximate surface area is 185 Å². The minimum atomic E-state index is -0.812. The van der Waals surface area contributed by atoms with E-state index in [-0.39, 0.29) is 17.9 Å². The van der Waals surface area contributed by atoms with E-state index in [4.69, 9.17) is 4.74 Å². The highest BCUT2D eigenvalue weighted by Gasteiger charge is 2.40. The summed E-state index contributed by atoms with van der Waals surface area (Å²) in [6.07, 6.45) is 2.02. The molecule has 8 nitrogen and oxygen atoms in total. The molecular weight excluding hydrogens is 412 g/mol. The number of ether oxygens (including phenoxy) is 1. The average Bonchev–Trinajstić information content (AvgIpc) is 3.12. The molecule has 1 heterocycles. The van der Waals surface area contributed by atoms with Gasteiger partial charge in [-0.1, -0.05) is 48.5 Å². The Morgan fingerprint density at radius 1 is 1.09 bits per heavy atom. The molecule has 2 aromatic carbocycles. The number of benzene rings is 2. The molecule has 0 saturated carbocycles. The van der Waals surface area contributed by atoms with Gasteiger partial charge in [-0.25, -0.2) is 9.69 Å². The molecule has 3 rings (SSSR count). The van der Waals surface area contributed by atoms with Gasteiger partial charge in [0.15, 0.2) is 5.78 Å².